The summed E-state index contributed by atoms with van der Waals surface area (Å²) in [5, 5.41) is 30.0. The van der Waals surface area contributed by atoms with Gasteiger partial charge < -0.3 is 74.2 Å². The molecule has 2 amide bonds. The van der Waals surface area contributed by atoms with E-state index in [0.29, 0.717) is 102 Å². The normalized spacial score (nSPS) is 10.4. The number of rotatable bonds is 35. The number of carboxylic acid groups (broad SMARTS) is 2. The molecule has 3 atom stereocenters. The highest BCUT2D eigenvalue weighted by Gasteiger charge is 2.22. The number of pyridine rings is 5. The van der Waals surface area contributed by atoms with Crippen LogP contribution in [0.1, 0.15) is 191 Å². The van der Waals surface area contributed by atoms with Gasteiger partial charge in [-0.25, -0.2) is 39.3 Å². The third-order valence-electron chi connectivity index (χ3n) is 19.4. The summed E-state index contributed by atoms with van der Waals surface area (Å²) in [6.07, 6.45) is 6.39. The van der Waals surface area contributed by atoms with Crippen molar-refractivity contribution in [1.82, 2.24) is 46.2 Å². The number of carbonyl (C=O) groups is 8. The second-order valence-electron chi connectivity index (χ2n) is 29.5. The van der Waals surface area contributed by atoms with Gasteiger partial charge in [0.2, 0.25) is 0 Å². The minimum atomic E-state index is -1.01. The van der Waals surface area contributed by atoms with E-state index >= 15 is 0 Å². The van der Waals surface area contributed by atoms with Gasteiger partial charge in [-0.15, -0.1) is 24.8 Å². The molecule has 12 aromatic rings. The fourth-order valence-electron chi connectivity index (χ4n) is 12.1. The fourth-order valence-corrected chi connectivity index (χ4v) is 12.8. The van der Waals surface area contributed by atoms with Crippen molar-refractivity contribution >= 4 is 147 Å². The summed E-state index contributed by atoms with van der Waals surface area (Å²) in [6, 6.07) is 78.0. The van der Waals surface area contributed by atoms with E-state index in [2.05, 4.69) is 108 Å². The zero-order chi connectivity index (χ0) is 96.2. The number of hydrogen-bond acceptors (Lipinski definition) is 25. The molecule has 0 unspecified atom stereocenters. The summed E-state index contributed by atoms with van der Waals surface area (Å²) >= 11 is 4.46. The van der Waals surface area contributed by atoms with Crippen molar-refractivity contribution < 1.29 is 67.5 Å². The summed E-state index contributed by atoms with van der Waals surface area (Å²) in [5.41, 5.74) is 47.5. The van der Waals surface area contributed by atoms with Gasteiger partial charge in [0.05, 0.1) is 49.0 Å². The van der Waals surface area contributed by atoms with Crippen molar-refractivity contribution in [2.45, 2.75) is 148 Å². The topological polar surface area (TPSA) is 483 Å². The van der Waals surface area contributed by atoms with Gasteiger partial charge in [0, 0.05) is 79.3 Å². The van der Waals surface area contributed by atoms with Crippen LogP contribution in [0.15, 0.2) is 261 Å². The third kappa shape index (κ3) is 48.7. The Balaban J connectivity index is 0.00000170. The second kappa shape index (κ2) is 70.2. The maximum Gasteiger partial charge on any atom is 0.338 e. The molecule has 0 radical (unpaired) electrons. The molecule has 0 saturated carbocycles. The van der Waals surface area contributed by atoms with Crippen LogP contribution in [0, 0.1) is 24.9 Å². The second-order valence-corrected chi connectivity index (χ2v) is 32.0. The number of nitrogen functional groups attached to an aromatic ring is 5. The number of amides is 2. The molecule has 140 heavy (non-hydrogen) atoms. The lowest BCUT2D eigenvalue weighted by atomic mass is 10.1. The molecule has 7 aromatic carbocycles. The summed E-state index contributed by atoms with van der Waals surface area (Å²) < 4.78 is 22.0. The number of aromatic nitrogens is 5. The standard InChI is InChI=1S/C26H29IN4O3.C24H25IN4O3.C16H18N2O2.C16H14N2O2.C14H14N2O2.C6H13NO2.5CH4.2ClH/c1-2-34-26(33)23(29-16-19-8-13-21(27)14-9-19)17-30-25(32)20-11-6-18(7-12-20)10-15-22-4-3-5-24(28)31-22;25-19-11-6-17(7-12-19)14-27-21(24(31)32)15-28-23(30)18-9-4-16(5-10-18)8-13-20-2-1-3-22(26)29-20;2*1-2-20-16(19)13-9-6-12(7-10-13)8-11-14-4-3-5-15(17)18-14;15-13-3-1-2-12(16-13)9-6-10-4-7-11(8-5-10)14(17)18;1-3-9-6(8)5(2)4-7;;;;;;;/h3-9,11-14,23,29H,2,10,15-17H2,1H3,(H2,28,31)(H,30,32);1-7,9-12,21,27H,8,13-15H2,(H2,26,29)(H,28,30)(H,31,32);3-7,9-10H,2,8,11H2,1H3,(H2,17,18);3-7,9-10H,2H2,1H3,(H2,17,18);1-5,7-8H,6,9H2,(H2,15,16)(H,17,18);5H,3-4,7H2,1-2H3;5*1H4;2*1H/t23-;21-;;;;5-;;;;;;;/m00...0......./s1. The van der Waals surface area contributed by atoms with E-state index in [1.54, 1.807) is 150 Å². The van der Waals surface area contributed by atoms with Crippen LogP contribution in [0.5, 0.6) is 0 Å². The lowest BCUT2D eigenvalue weighted by Crippen LogP contribution is -2.46. The molecule has 29 nitrogen and oxygen atoms in total. The van der Waals surface area contributed by atoms with Crippen molar-refractivity contribution in [2.75, 3.05) is 74.7 Å². The Morgan fingerprint density at radius 3 is 0.957 bits per heavy atom. The fraction of sp³-hybridized carbons (Fsp3) is 0.280. The van der Waals surface area contributed by atoms with Gasteiger partial charge in [-0.1, -0.05) is 153 Å². The minimum absolute atomic E-state index is 0. The molecule has 0 bridgehead atoms. The van der Waals surface area contributed by atoms with E-state index in [1.165, 1.54) is 0 Å². The summed E-state index contributed by atoms with van der Waals surface area (Å²) in [4.78, 5) is 115. The zero-order valence-electron chi connectivity index (χ0n) is 75.6. The Morgan fingerprint density at radius 1 is 0.350 bits per heavy atom. The van der Waals surface area contributed by atoms with Gasteiger partial charge in [-0.2, -0.15) is 0 Å². The summed E-state index contributed by atoms with van der Waals surface area (Å²) in [7, 11) is 0. The van der Waals surface area contributed by atoms with Crippen LogP contribution in [0.2, 0.25) is 0 Å². The maximum absolute atomic E-state index is 12.7. The molecule has 0 spiro atoms. The molecule has 33 heteroatoms. The predicted octanol–water partition coefficient (Wildman–Crippen LogP) is 17.7. The first-order valence-electron chi connectivity index (χ1n) is 43.0. The van der Waals surface area contributed by atoms with Crippen LogP contribution < -0.4 is 55.7 Å². The van der Waals surface area contributed by atoms with Crippen molar-refractivity contribution in [3.8, 4) is 11.8 Å². The molecule has 5 heterocycles. The van der Waals surface area contributed by atoms with Crippen molar-refractivity contribution in [2.24, 2.45) is 11.7 Å². The highest BCUT2D eigenvalue weighted by Crippen LogP contribution is 2.18. The number of hydrogen-bond donors (Lipinski definition) is 12. The van der Waals surface area contributed by atoms with Gasteiger partial charge >= 0.3 is 35.8 Å². The molecule has 0 aliphatic rings. The van der Waals surface area contributed by atoms with Crippen LogP contribution in [-0.2, 0) is 97.8 Å². The largest absolute Gasteiger partial charge is 0.480 e. The predicted molar refractivity (Wildman–Crippen MR) is 581 cm³/mol. The van der Waals surface area contributed by atoms with Crippen molar-refractivity contribution in [1.29, 1.82) is 0 Å². The number of carboxylic acids is 2. The van der Waals surface area contributed by atoms with Gasteiger partial charge in [-0.3, -0.25) is 34.6 Å². The van der Waals surface area contributed by atoms with E-state index in [1.807, 2.05) is 146 Å². The van der Waals surface area contributed by atoms with Crippen LogP contribution >= 0.6 is 70.0 Å². The summed E-state index contributed by atoms with van der Waals surface area (Å²) in [5.74, 6) is 4.57. The average molecular weight is 2180 g/mol. The number of aromatic carboxylic acids is 1. The highest BCUT2D eigenvalue weighted by molar-refractivity contribution is 14.1. The average Bonchev–Trinajstić information content (AvgIpc) is 0.873. The number of nitrogens with zero attached hydrogens (tertiary/aromatic N) is 5. The molecule has 0 fully saturated rings. The van der Waals surface area contributed by atoms with Gasteiger partial charge in [0.1, 0.15) is 46.9 Å². The number of benzene rings is 7. The number of nitrogens with two attached hydrogens (primary N) is 6. The maximum atomic E-state index is 12.7. The molecule has 18 N–H and O–H groups in total. The van der Waals surface area contributed by atoms with Gasteiger partial charge in [0.15, 0.2) is 0 Å². The first kappa shape index (κ1) is 127. The Bertz CT molecular complexity index is 5760. The summed E-state index contributed by atoms with van der Waals surface area (Å²) in [6.45, 7) is 11.7. The van der Waals surface area contributed by atoms with Gasteiger partial charge in [0.25, 0.3) is 11.8 Å². The number of aliphatic carboxylic acids is 1. The molecule has 12 rings (SSSR count). The number of aryl methyl sites for hydroxylation is 8. The van der Waals surface area contributed by atoms with E-state index in [-0.39, 0.29) is 123 Å². The van der Waals surface area contributed by atoms with Crippen LogP contribution in [0.25, 0.3) is 0 Å². The Hall–Kier alpha value is -13.5. The van der Waals surface area contributed by atoms with E-state index in [9.17, 15) is 43.5 Å². The first-order valence-corrected chi connectivity index (χ1v) is 45.2. The van der Waals surface area contributed by atoms with Gasteiger partial charge in [-0.05, 0) is 321 Å². The number of ether oxygens (including phenoxy) is 4. The number of carbonyl (C=O) groups excluding carboxylic acids is 6. The Labute approximate surface area is 863 Å². The minimum Gasteiger partial charge on any atom is -0.480 e. The number of anilines is 5. The molecule has 750 valence electrons. The zero-order valence-corrected chi connectivity index (χ0v) is 81.6. The Kier molecular flexibility index (Phi) is 63.4. The lowest BCUT2D eigenvalue weighted by Gasteiger charge is -2.18. The van der Waals surface area contributed by atoms with Crippen LogP contribution in [0.4, 0.5) is 29.1 Å². The quantitative estimate of drug-likeness (QED) is 0.00759. The molecule has 0 aliphatic carbocycles. The molecule has 5 aromatic heterocycles. The smallest absolute Gasteiger partial charge is 0.338 e. The molecular formula is C107H135Cl2I2N15O14. The number of nitrogens with one attached hydrogen (secondary N) is 4. The van der Waals surface area contributed by atoms with Crippen LogP contribution in [0.3, 0.4) is 0 Å². The molecule has 0 saturated heterocycles. The molecular weight excluding hydrogens is 2040 g/mol. The van der Waals surface area contributed by atoms with Crippen LogP contribution in [-0.4, -0.2) is 141 Å². The van der Waals surface area contributed by atoms with E-state index < -0.39 is 24.0 Å². The van der Waals surface area contributed by atoms with E-state index in [0.717, 1.165) is 120 Å². The monoisotopic (exact) mass is 2180 g/mol. The lowest BCUT2D eigenvalue weighted by molar-refractivity contribution is -0.147. The molecule has 0 aliphatic heterocycles. The highest BCUT2D eigenvalue weighted by atomic mass is 127. The number of halogens is 4. The number of esters is 4. The van der Waals surface area contributed by atoms with E-state index in [4.69, 9.17) is 53.7 Å². The SMILES string of the molecule is C.C.C.C.C.CCOC(=O)[C@@H](C)CN.CCOC(=O)[C@H](CNC(=O)c1ccc(CCc2cccc(N)n2)cc1)NCc1ccc(I)cc1.CCOC(=O)c1ccc(C#Cc2cccc(N)n2)cc1.CCOC(=O)c1ccc(CCc2cccc(N)n2)cc1.Cl.Cl.Nc1cccc(CCc2ccc(C(=O)NC[C@H](NCc3ccc(I)cc3)C(=O)O)cc2)n1.Nc1cccc(CCc2ccc(C(=O)O)cc2)n1. The Morgan fingerprint density at radius 2 is 0.643 bits per heavy atom. The van der Waals surface area contributed by atoms with Crippen molar-refractivity contribution in [3.63, 3.8) is 0 Å². The van der Waals surface area contributed by atoms with Crippen molar-refractivity contribution in [3.05, 3.63) is 363 Å². The third-order valence-corrected chi connectivity index (χ3v) is 20.8. The first-order chi connectivity index (χ1) is 64.1.